The molecule has 0 saturated heterocycles. The van der Waals surface area contributed by atoms with Crippen LogP contribution in [0.5, 0.6) is 0 Å². The minimum Gasteiger partial charge on any atom is -0.385 e. The van der Waals surface area contributed by atoms with Crippen LogP contribution in [0, 0.1) is 75.3 Å². The molecule has 78 heavy (non-hydrogen) atoms. The Kier molecular flexibility index (Phi) is 134. The van der Waals surface area contributed by atoms with E-state index in [4.69, 9.17) is 0 Å². The van der Waals surface area contributed by atoms with Gasteiger partial charge in [0, 0.05) is 115 Å². The van der Waals surface area contributed by atoms with Crippen molar-refractivity contribution in [3.05, 3.63) is 140 Å². The van der Waals surface area contributed by atoms with Gasteiger partial charge in [-0.25, -0.2) is 0 Å². The number of hydrogen-bond acceptors (Lipinski definition) is 8. The van der Waals surface area contributed by atoms with Crippen molar-refractivity contribution in [1.82, 2.24) is 5.32 Å². The molecule has 0 bridgehead atoms. The van der Waals surface area contributed by atoms with Crippen molar-refractivity contribution < 1.29 is 61.1 Å². The molecule has 0 heterocycles. The molecule has 0 aliphatic heterocycles. The average molecular weight is 1200 g/mol. The Morgan fingerprint density at radius 3 is 0.615 bits per heavy atom. The first-order valence-electron chi connectivity index (χ1n) is 28.7. The number of thioether (sulfide) groups is 1. The molecule has 7 nitrogen and oxygen atoms in total. The van der Waals surface area contributed by atoms with Gasteiger partial charge in [-0.3, -0.25) is 0 Å². The molecule has 0 aromatic heterocycles. The van der Waals surface area contributed by atoms with Crippen LogP contribution in [0.2, 0.25) is 0 Å². The van der Waals surface area contributed by atoms with E-state index < -0.39 is 0 Å². The second-order valence-electron chi connectivity index (χ2n) is 16.8. The van der Waals surface area contributed by atoms with Crippen LogP contribution >= 0.6 is 11.8 Å². The van der Waals surface area contributed by atoms with Crippen LogP contribution in [0.1, 0.15) is 184 Å². The Balaban J connectivity index is -0.0000000613. The van der Waals surface area contributed by atoms with Crippen LogP contribution in [0.25, 0.3) is 0 Å². The second kappa shape index (κ2) is 100. The van der Waals surface area contributed by atoms with Gasteiger partial charge in [0.1, 0.15) is 0 Å². The topological polar surface area (TPSA) is 67.4 Å². The number of nitrogens with one attached hydrogen (secondary N) is 1. The first-order chi connectivity index (χ1) is 36.5. The second-order valence-corrected chi connectivity index (χ2v) is 17.9. The summed E-state index contributed by atoms with van der Waals surface area (Å²) in [6.45, 7) is 58.2. The van der Waals surface area contributed by atoms with E-state index in [0.29, 0.717) is 0 Å². The Bertz CT molecular complexity index is 1290. The fourth-order valence-corrected chi connectivity index (χ4v) is 3.47. The van der Waals surface area contributed by atoms with Crippen LogP contribution in [0.4, 0.5) is 0 Å². The van der Waals surface area contributed by atoms with Crippen LogP contribution < -0.4 is 5.32 Å². The van der Waals surface area contributed by atoms with Crippen LogP contribution in [-0.2, 0) is 67.6 Å². The molecular weight excluding hydrogens is 1060 g/mol. The molecule has 0 aliphatic rings. The van der Waals surface area contributed by atoms with E-state index in [-0.39, 0.29) is 32.7 Å². The fourth-order valence-electron chi connectivity index (χ4n) is 3.47. The standard InChI is InChI=1S/C12H17.3C8H10.C3H9N.6C3H8O.C3H8S.3C3H8.Y/c1-6-12-7-8(2)9(3)10(4)11(12)5;3*1-7-3-5-8(2)6-4-7;8*1-3-4-2;3*1-3-2;/h6H2,1-5H3;3*3-6H,1-2H3;4H,3H2,1-2H3;7*3H2,1-2H3;3*3H2,1-2H3;/q-1;;;;;;;;;;;;;;;. The Morgan fingerprint density at radius 2 is 0.513 bits per heavy atom. The molecule has 0 unspecified atom stereocenters. The summed E-state index contributed by atoms with van der Waals surface area (Å²) in [4.78, 5) is 0. The van der Waals surface area contributed by atoms with Crippen molar-refractivity contribution in [3.8, 4) is 0 Å². The molecule has 463 valence electrons. The first-order valence-corrected chi connectivity index (χ1v) is 30.1. The maximum Gasteiger partial charge on any atom is 0.0433 e. The molecule has 0 saturated carbocycles. The summed E-state index contributed by atoms with van der Waals surface area (Å²) < 4.78 is 27.2. The Hall–Kier alpha value is -1.95. The Morgan fingerprint density at radius 1 is 0.359 bits per heavy atom. The summed E-state index contributed by atoms with van der Waals surface area (Å²) in [7, 11) is 12.0. The number of hydrogen-bond donors (Lipinski definition) is 1. The summed E-state index contributed by atoms with van der Waals surface area (Å²) in [5.41, 5.74) is 14.9. The van der Waals surface area contributed by atoms with Crippen LogP contribution in [-0.4, -0.2) is 108 Å². The summed E-state index contributed by atoms with van der Waals surface area (Å²) in [6, 6.07) is 28.9. The van der Waals surface area contributed by atoms with Crippen molar-refractivity contribution in [2.45, 2.75) is 199 Å². The minimum absolute atomic E-state index is 0. The quantitative estimate of drug-likeness (QED) is 0.166. The maximum absolute atomic E-state index is 4.54. The van der Waals surface area contributed by atoms with Gasteiger partial charge in [0.15, 0.2) is 0 Å². The molecule has 9 heteroatoms. The number of methoxy groups -OCH3 is 6. The smallest absolute Gasteiger partial charge is 0.0433 e. The zero-order valence-corrected chi connectivity index (χ0v) is 62.0. The van der Waals surface area contributed by atoms with Gasteiger partial charge < -0.3 is 33.7 Å². The van der Waals surface area contributed by atoms with E-state index in [1.807, 2.05) is 60.4 Å². The van der Waals surface area contributed by atoms with E-state index in [0.717, 1.165) is 52.6 Å². The zero-order valence-electron chi connectivity index (χ0n) is 58.3. The number of benzene rings is 4. The third-order valence-electron chi connectivity index (χ3n) is 8.86. The predicted molar refractivity (Wildman–Crippen MR) is 358 cm³/mol. The molecule has 0 spiro atoms. The van der Waals surface area contributed by atoms with E-state index in [1.165, 1.54) is 86.2 Å². The molecule has 4 rings (SSSR count). The average Bonchev–Trinajstić information content (AvgIpc) is 3.45. The molecule has 0 amide bonds. The molecular formula is C69H136NO6SY-. The van der Waals surface area contributed by atoms with Crippen molar-refractivity contribution in [1.29, 1.82) is 0 Å². The van der Waals surface area contributed by atoms with Gasteiger partial charge in [0.2, 0.25) is 0 Å². The van der Waals surface area contributed by atoms with Crippen molar-refractivity contribution in [2.24, 2.45) is 0 Å². The van der Waals surface area contributed by atoms with Gasteiger partial charge in [-0.2, -0.15) is 45.6 Å². The SMILES string of the molecule is CCC.CCC.CCC.CCNC.CCOC.CCOC.CCOC.CCOC.CCOC.CCOC.CCSC.CCc1[c-]c(C)c(C)c(C)c1C.Cc1ccc(C)cc1.Cc1ccc(C)cc1.Cc1ccc(C)cc1.[Y]. The maximum atomic E-state index is 4.54. The fraction of sp³-hybridized carbons (Fsp3) is 0.652. The molecule has 0 aliphatic carbocycles. The van der Waals surface area contributed by atoms with Crippen molar-refractivity contribution in [3.63, 3.8) is 0 Å². The normalized spacial score (nSPS) is 8.22. The number of aryl methyl sites for hydroxylation is 8. The van der Waals surface area contributed by atoms with Crippen LogP contribution in [0.3, 0.4) is 0 Å². The predicted octanol–water partition coefficient (Wildman–Crippen LogP) is 20.0. The molecule has 0 fully saturated rings. The third-order valence-corrected chi connectivity index (χ3v) is 9.44. The van der Waals surface area contributed by atoms with E-state index in [1.54, 1.807) is 42.7 Å². The molecule has 4 aromatic carbocycles. The minimum atomic E-state index is 0. The summed E-state index contributed by atoms with van der Waals surface area (Å²) >= 11 is 1.86. The van der Waals surface area contributed by atoms with Gasteiger partial charge in [0.05, 0.1) is 0 Å². The van der Waals surface area contributed by atoms with Gasteiger partial charge in [-0.15, -0.1) is 0 Å². The first kappa shape index (κ1) is 104. The van der Waals surface area contributed by atoms with Crippen molar-refractivity contribution in [2.75, 3.05) is 108 Å². The summed E-state index contributed by atoms with van der Waals surface area (Å²) in [6.07, 6.45) is 6.94. The van der Waals surface area contributed by atoms with E-state index in [9.17, 15) is 0 Å². The number of ether oxygens (including phenoxy) is 6. The number of rotatable bonds is 9. The zero-order chi connectivity index (χ0) is 62.7. The van der Waals surface area contributed by atoms with Crippen LogP contribution in [0.15, 0.2) is 72.8 Å². The molecule has 4 aromatic rings. The molecule has 1 radical (unpaired) electrons. The summed E-state index contributed by atoms with van der Waals surface area (Å²) in [5.74, 6) is 1.24. The Labute approximate surface area is 521 Å². The largest absolute Gasteiger partial charge is 0.385 e. The van der Waals surface area contributed by atoms with E-state index >= 15 is 0 Å². The molecule has 0 atom stereocenters. The van der Waals surface area contributed by atoms with E-state index in [2.05, 4.69) is 250 Å². The molecule has 1 N–H and O–H groups in total. The van der Waals surface area contributed by atoms with Gasteiger partial charge in [0.25, 0.3) is 0 Å². The third kappa shape index (κ3) is 117. The van der Waals surface area contributed by atoms with Crippen molar-refractivity contribution >= 4 is 11.8 Å². The van der Waals surface area contributed by atoms with Gasteiger partial charge in [-0.1, -0.05) is 222 Å². The monoisotopic (exact) mass is 1200 g/mol. The van der Waals surface area contributed by atoms with Gasteiger partial charge >= 0.3 is 0 Å². The van der Waals surface area contributed by atoms with Gasteiger partial charge in [-0.05, 0) is 109 Å². The summed E-state index contributed by atoms with van der Waals surface area (Å²) in [5, 5.41) is 2.93.